The molecule has 4 heterocycles. The third-order valence-corrected chi connectivity index (χ3v) is 6.39. The van der Waals surface area contributed by atoms with Gasteiger partial charge in [0.1, 0.15) is 17.2 Å². The summed E-state index contributed by atoms with van der Waals surface area (Å²) in [5.41, 5.74) is -2.59. The lowest BCUT2D eigenvalue weighted by molar-refractivity contribution is -0.155. The van der Waals surface area contributed by atoms with Gasteiger partial charge in [-0.05, 0) is 18.2 Å². The van der Waals surface area contributed by atoms with E-state index >= 15 is 0 Å². The molecule has 0 saturated carbocycles. The fourth-order valence-electron chi connectivity index (χ4n) is 4.20. The quantitative estimate of drug-likeness (QED) is 0.344. The lowest BCUT2D eigenvalue weighted by Crippen LogP contribution is -2.40. The van der Waals surface area contributed by atoms with Crippen LogP contribution in [0.3, 0.4) is 0 Å². The van der Waals surface area contributed by atoms with Crippen molar-refractivity contribution in [3.05, 3.63) is 92.9 Å². The molecular formula is C25H16ClF5N6O3. The van der Waals surface area contributed by atoms with Crippen molar-refractivity contribution in [2.75, 3.05) is 18.0 Å². The van der Waals surface area contributed by atoms with Gasteiger partial charge in [-0.15, -0.1) is 0 Å². The highest BCUT2D eigenvalue weighted by atomic mass is 35.5. The Morgan fingerprint density at radius 3 is 2.52 bits per heavy atom. The van der Waals surface area contributed by atoms with Crippen molar-refractivity contribution in [3.63, 3.8) is 0 Å². The number of pyridine rings is 3. The van der Waals surface area contributed by atoms with Crippen LogP contribution in [0.2, 0.25) is 5.02 Å². The van der Waals surface area contributed by atoms with Crippen LogP contribution in [0.25, 0.3) is 16.9 Å². The minimum Gasteiger partial charge on any atom is -0.336 e. The zero-order chi connectivity index (χ0) is 28.8. The van der Waals surface area contributed by atoms with Gasteiger partial charge in [0.15, 0.2) is 23.3 Å². The Bertz CT molecular complexity index is 1730. The Hall–Kier alpha value is -4.59. The van der Waals surface area contributed by atoms with Crippen LogP contribution in [0, 0.1) is 11.6 Å². The molecule has 0 radical (unpaired) electrons. The van der Waals surface area contributed by atoms with Gasteiger partial charge in [0.2, 0.25) is 5.43 Å². The number of nitrogens with zero attached hydrogens (tertiary/aromatic N) is 4. The van der Waals surface area contributed by atoms with Crippen LogP contribution in [-0.4, -0.2) is 45.7 Å². The summed E-state index contributed by atoms with van der Waals surface area (Å²) in [6, 6.07) is 4.86. The Labute approximate surface area is 226 Å². The number of hydrogen-bond donors (Lipinski definition) is 2. The first-order chi connectivity index (χ1) is 19.0. The predicted octanol–water partition coefficient (Wildman–Crippen LogP) is 4.28. The van der Waals surface area contributed by atoms with Gasteiger partial charge in [0.05, 0.1) is 11.6 Å². The largest absolute Gasteiger partial charge is 0.412 e. The van der Waals surface area contributed by atoms with Crippen LogP contribution in [0.5, 0.6) is 0 Å². The Morgan fingerprint density at radius 1 is 1.12 bits per heavy atom. The number of alkyl halides is 3. The fraction of sp³-hybridized carbons (Fsp3) is 0.160. The number of anilines is 1. The summed E-state index contributed by atoms with van der Waals surface area (Å²) >= 11 is 5.94. The highest BCUT2D eigenvalue weighted by Crippen LogP contribution is 2.36. The molecule has 40 heavy (non-hydrogen) atoms. The van der Waals surface area contributed by atoms with E-state index in [9.17, 15) is 36.3 Å². The Balaban J connectivity index is 1.68. The molecule has 2 N–H and O–H groups in total. The molecule has 1 aliphatic heterocycles. The van der Waals surface area contributed by atoms with Gasteiger partial charge in [0, 0.05) is 35.9 Å². The molecule has 3 amide bonds. The standard InChI is InChI=1S/C25H16ClF5N6O3/c26-16-4-2-1-3-13(16)20(25(29,30)31)35-23(39)15-11-37(22-17(28)9-12(27)10-33-22)21-14(19(15)38)5-6-18(34-21)36-8-7-32-24(36)40/h1-6,9-11,20H,7-8H2,(H,32,40)(H,35,39). The summed E-state index contributed by atoms with van der Waals surface area (Å²) in [5, 5.41) is 3.77. The normalized spacial score (nSPS) is 14.3. The molecule has 1 saturated heterocycles. The van der Waals surface area contributed by atoms with Gasteiger partial charge in [-0.1, -0.05) is 29.8 Å². The van der Waals surface area contributed by atoms with E-state index in [2.05, 4.69) is 15.3 Å². The SMILES string of the molecule is O=C(NC(c1ccccc1Cl)C(F)(F)F)c1cn(-c2ncc(F)cc2F)c2nc(N3CCNC3=O)ccc2c1=O. The van der Waals surface area contributed by atoms with Crippen molar-refractivity contribution in [1.82, 2.24) is 25.2 Å². The lowest BCUT2D eigenvalue weighted by atomic mass is 10.1. The van der Waals surface area contributed by atoms with Crippen LogP contribution in [0.1, 0.15) is 22.0 Å². The van der Waals surface area contributed by atoms with E-state index in [4.69, 9.17) is 11.6 Å². The third-order valence-electron chi connectivity index (χ3n) is 6.05. The van der Waals surface area contributed by atoms with Crippen molar-refractivity contribution >= 4 is 40.4 Å². The molecule has 5 rings (SSSR count). The number of halogens is 6. The number of amides is 3. The van der Waals surface area contributed by atoms with Gasteiger partial charge in [-0.25, -0.2) is 23.5 Å². The molecule has 15 heteroatoms. The summed E-state index contributed by atoms with van der Waals surface area (Å²) in [5.74, 6) is -4.24. The molecule has 1 atom stereocenters. The molecule has 1 fully saturated rings. The number of rotatable bonds is 5. The van der Waals surface area contributed by atoms with Crippen molar-refractivity contribution in [2.45, 2.75) is 12.2 Å². The van der Waals surface area contributed by atoms with Crippen LogP contribution < -0.4 is 21.0 Å². The fourth-order valence-corrected chi connectivity index (χ4v) is 4.44. The smallest absolute Gasteiger partial charge is 0.336 e. The van der Waals surface area contributed by atoms with Gasteiger partial charge >= 0.3 is 12.2 Å². The Morgan fingerprint density at radius 2 is 1.88 bits per heavy atom. The molecule has 0 spiro atoms. The summed E-state index contributed by atoms with van der Waals surface area (Å²) in [4.78, 5) is 47.8. The first-order valence-electron chi connectivity index (χ1n) is 11.5. The van der Waals surface area contributed by atoms with E-state index < -0.39 is 58.2 Å². The second-order valence-corrected chi connectivity index (χ2v) is 9.00. The van der Waals surface area contributed by atoms with E-state index in [1.807, 2.05) is 0 Å². The molecular weight excluding hydrogens is 563 g/mol. The zero-order valence-electron chi connectivity index (χ0n) is 20.0. The average Bonchev–Trinajstić information content (AvgIpc) is 3.33. The van der Waals surface area contributed by atoms with E-state index in [1.165, 1.54) is 35.2 Å². The molecule has 4 aromatic rings. The predicted molar refractivity (Wildman–Crippen MR) is 134 cm³/mol. The molecule has 1 aliphatic rings. The second kappa shape index (κ2) is 10.2. The molecule has 3 aromatic heterocycles. The van der Waals surface area contributed by atoms with Gasteiger partial charge in [0.25, 0.3) is 5.91 Å². The topological polar surface area (TPSA) is 109 Å². The van der Waals surface area contributed by atoms with Crippen LogP contribution in [-0.2, 0) is 0 Å². The molecule has 9 nitrogen and oxygen atoms in total. The molecule has 1 aromatic carbocycles. The second-order valence-electron chi connectivity index (χ2n) is 8.59. The molecule has 1 unspecified atom stereocenters. The number of aromatic nitrogens is 3. The van der Waals surface area contributed by atoms with Crippen molar-refractivity contribution in [1.29, 1.82) is 0 Å². The average molecular weight is 579 g/mol. The first-order valence-corrected chi connectivity index (χ1v) is 11.9. The molecule has 0 aliphatic carbocycles. The summed E-state index contributed by atoms with van der Waals surface area (Å²) in [7, 11) is 0. The molecule has 0 bridgehead atoms. The number of carbonyl (C=O) groups is 2. The van der Waals surface area contributed by atoms with Crippen molar-refractivity contribution < 1.29 is 31.5 Å². The van der Waals surface area contributed by atoms with E-state index in [0.29, 0.717) is 18.8 Å². The van der Waals surface area contributed by atoms with E-state index in [1.54, 1.807) is 5.32 Å². The maximum Gasteiger partial charge on any atom is 0.412 e. The highest BCUT2D eigenvalue weighted by molar-refractivity contribution is 6.31. The summed E-state index contributed by atoms with van der Waals surface area (Å²) in [6.07, 6.45) is -3.59. The van der Waals surface area contributed by atoms with Gasteiger partial charge in [-0.3, -0.25) is 19.1 Å². The number of carbonyl (C=O) groups excluding carboxylic acids is 2. The maximum atomic E-state index is 14.8. The van der Waals surface area contributed by atoms with Crippen molar-refractivity contribution in [2.24, 2.45) is 0 Å². The third kappa shape index (κ3) is 4.93. The van der Waals surface area contributed by atoms with Gasteiger partial charge < -0.3 is 10.6 Å². The van der Waals surface area contributed by atoms with E-state index in [-0.39, 0.29) is 28.4 Å². The van der Waals surface area contributed by atoms with Crippen molar-refractivity contribution in [3.8, 4) is 5.82 Å². The number of hydrogen-bond acceptors (Lipinski definition) is 5. The highest BCUT2D eigenvalue weighted by Gasteiger charge is 2.43. The maximum absolute atomic E-state index is 14.8. The van der Waals surface area contributed by atoms with Crippen LogP contribution in [0.15, 0.2) is 59.7 Å². The van der Waals surface area contributed by atoms with Crippen LogP contribution >= 0.6 is 11.6 Å². The van der Waals surface area contributed by atoms with Gasteiger partial charge in [-0.2, -0.15) is 13.2 Å². The number of urea groups is 1. The zero-order valence-corrected chi connectivity index (χ0v) is 20.7. The summed E-state index contributed by atoms with van der Waals surface area (Å²) < 4.78 is 71.2. The summed E-state index contributed by atoms with van der Waals surface area (Å²) in [6.45, 7) is 0.538. The number of nitrogens with one attached hydrogen (secondary N) is 2. The lowest BCUT2D eigenvalue weighted by Gasteiger charge is -2.23. The number of benzene rings is 1. The monoisotopic (exact) mass is 578 g/mol. The Kier molecular flexibility index (Phi) is 6.87. The minimum atomic E-state index is -5.01. The van der Waals surface area contributed by atoms with E-state index in [0.717, 1.165) is 16.8 Å². The molecule has 206 valence electrons. The minimum absolute atomic E-state index is 0.0613. The van der Waals surface area contributed by atoms with Crippen LogP contribution in [0.4, 0.5) is 32.6 Å². The first kappa shape index (κ1) is 27.0. The number of fused-ring (bicyclic) bond motifs is 1.